The van der Waals surface area contributed by atoms with Crippen molar-refractivity contribution in [2.75, 3.05) is 25.6 Å². The van der Waals surface area contributed by atoms with Crippen molar-refractivity contribution in [2.45, 2.75) is 0 Å². The third-order valence-corrected chi connectivity index (χ3v) is 4.91. The zero-order chi connectivity index (χ0) is 20.6. The normalized spacial score (nSPS) is 11.0. The quantitative estimate of drug-likeness (QED) is 0.238. The second kappa shape index (κ2) is 10.1. The van der Waals surface area contributed by atoms with Crippen molar-refractivity contribution in [2.24, 2.45) is 5.10 Å². The standard InChI is InChI=1S/C20H18ClFN4O2S/c1-23-8-9-28-19(27)16-10-14(22)7-6-13(16)11-24-26-20-25-18(12-29-20)15-4-2-3-5-17(15)21/h2-7,10-12,23H,8-9H2,1H3,(H,25,26)/b24-11+. The summed E-state index contributed by atoms with van der Waals surface area (Å²) in [5.74, 6) is -1.14. The number of halogens is 2. The van der Waals surface area contributed by atoms with Gasteiger partial charge in [-0.2, -0.15) is 5.10 Å². The van der Waals surface area contributed by atoms with Crippen LogP contribution in [-0.2, 0) is 4.74 Å². The van der Waals surface area contributed by atoms with E-state index < -0.39 is 11.8 Å². The van der Waals surface area contributed by atoms with E-state index in [1.54, 1.807) is 13.1 Å². The number of hydrogen-bond donors (Lipinski definition) is 2. The van der Waals surface area contributed by atoms with Crippen LogP contribution in [-0.4, -0.2) is 37.4 Å². The lowest BCUT2D eigenvalue weighted by Gasteiger charge is -2.07. The first-order chi connectivity index (χ1) is 14.1. The topological polar surface area (TPSA) is 75.6 Å². The molecule has 1 aromatic heterocycles. The van der Waals surface area contributed by atoms with Crippen molar-refractivity contribution >= 4 is 40.3 Å². The van der Waals surface area contributed by atoms with Crippen LogP contribution in [0.1, 0.15) is 15.9 Å². The van der Waals surface area contributed by atoms with Crippen molar-refractivity contribution in [1.29, 1.82) is 0 Å². The van der Waals surface area contributed by atoms with E-state index in [1.807, 2.05) is 23.6 Å². The number of aromatic nitrogens is 1. The molecule has 0 unspecified atom stereocenters. The summed E-state index contributed by atoms with van der Waals surface area (Å²) < 4.78 is 18.7. The van der Waals surface area contributed by atoms with Gasteiger partial charge in [-0.3, -0.25) is 5.43 Å². The molecule has 0 spiro atoms. The maximum atomic E-state index is 13.6. The van der Waals surface area contributed by atoms with Crippen molar-refractivity contribution in [1.82, 2.24) is 10.3 Å². The fraction of sp³-hybridized carbons (Fsp3) is 0.150. The second-order valence-corrected chi connectivity index (χ2v) is 7.12. The highest BCUT2D eigenvalue weighted by molar-refractivity contribution is 7.14. The van der Waals surface area contributed by atoms with Gasteiger partial charge in [-0.05, 0) is 31.3 Å². The number of thiazole rings is 1. The van der Waals surface area contributed by atoms with Gasteiger partial charge < -0.3 is 10.1 Å². The van der Waals surface area contributed by atoms with E-state index in [-0.39, 0.29) is 12.2 Å². The monoisotopic (exact) mass is 432 g/mol. The van der Waals surface area contributed by atoms with E-state index in [0.717, 1.165) is 17.3 Å². The summed E-state index contributed by atoms with van der Waals surface area (Å²) in [5, 5.41) is 10.0. The average molecular weight is 433 g/mol. The summed E-state index contributed by atoms with van der Waals surface area (Å²) in [7, 11) is 1.75. The molecule has 150 valence electrons. The number of esters is 1. The zero-order valence-electron chi connectivity index (χ0n) is 15.5. The molecule has 3 rings (SSSR count). The van der Waals surface area contributed by atoms with Crippen LogP contribution in [0.3, 0.4) is 0 Å². The number of ether oxygens (including phenoxy) is 1. The minimum absolute atomic E-state index is 0.0996. The predicted molar refractivity (Wildman–Crippen MR) is 114 cm³/mol. The number of carbonyl (C=O) groups is 1. The summed E-state index contributed by atoms with van der Waals surface area (Å²) in [4.78, 5) is 16.6. The number of hydrazone groups is 1. The van der Waals surface area contributed by atoms with Crippen molar-refractivity contribution in [3.05, 3.63) is 69.8 Å². The smallest absolute Gasteiger partial charge is 0.338 e. The largest absolute Gasteiger partial charge is 0.461 e. The van der Waals surface area contributed by atoms with Gasteiger partial charge in [0, 0.05) is 28.1 Å². The summed E-state index contributed by atoms with van der Waals surface area (Å²) in [6, 6.07) is 11.3. The molecule has 6 nitrogen and oxygen atoms in total. The lowest BCUT2D eigenvalue weighted by atomic mass is 10.1. The van der Waals surface area contributed by atoms with Crippen molar-refractivity contribution in [3.63, 3.8) is 0 Å². The van der Waals surface area contributed by atoms with Crippen LogP contribution in [0.5, 0.6) is 0 Å². The highest BCUT2D eigenvalue weighted by Crippen LogP contribution is 2.30. The molecule has 0 fully saturated rings. The Bertz CT molecular complexity index is 1030. The first kappa shape index (κ1) is 20.9. The third kappa shape index (κ3) is 5.60. The lowest BCUT2D eigenvalue weighted by molar-refractivity contribution is 0.0510. The van der Waals surface area contributed by atoms with E-state index >= 15 is 0 Å². The summed E-state index contributed by atoms with van der Waals surface area (Å²) in [6.07, 6.45) is 1.42. The van der Waals surface area contributed by atoms with Crippen LogP contribution >= 0.6 is 22.9 Å². The third-order valence-electron chi connectivity index (χ3n) is 3.84. The molecule has 3 aromatic rings. The number of carbonyl (C=O) groups excluding carboxylic acids is 1. The molecule has 0 bridgehead atoms. The van der Waals surface area contributed by atoms with Gasteiger partial charge in [-0.25, -0.2) is 14.2 Å². The lowest BCUT2D eigenvalue weighted by Crippen LogP contribution is -2.18. The first-order valence-electron chi connectivity index (χ1n) is 8.69. The molecule has 0 aliphatic carbocycles. The van der Waals surface area contributed by atoms with Crippen LogP contribution in [0, 0.1) is 5.82 Å². The molecule has 0 atom stereocenters. The van der Waals surface area contributed by atoms with Gasteiger partial charge >= 0.3 is 5.97 Å². The summed E-state index contributed by atoms with van der Waals surface area (Å²) in [5.41, 5.74) is 4.90. The molecule has 9 heteroatoms. The van der Waals surface area contributed by atoms with Crippen LogP contribution in [0.4, 0.5) is 9.52 Å². The summed E-state index contributed by atoms with van der Waals surface area (Å²) in [6.45, 7) is 0.689. The number of nitrogens with one attached hydrogen (secondary N) is 2. The minimum atomic E-state index is -0.614. The molecule has 29 heavy (non-hydrogen) atoms. The van der Waals surface area contributed by atoms with E-state index in [0.29, 0.717) is 22.3 Å². The molecule has 2 aromatic carbocycles. The van der Waals surface area contributed by atoms with Gasteiger partial charge in [-0.15, -0.1) is 11.3 Å². The molecule has 0 radical (unpaired) electrons. The Morgan fingerprint density at radius 3 is 2.97 bits per heavy atom. The number of hydrogen-bond acceptors (Lipinski definition) is 7. The first-order valence-corrected chi connectivity index (χ1v) is 9.95. The average Bonchev–Trinajstić information content (AvgIpc) is 3.18. The minimum Gasteiger partial charge on any atom is -0.461 e. The number of likely N-dealkylation sites (N-methyl/N-ethyl adjacent to an activating group) is 1. The van der Waals surface area contributed by atoms with Crippen molar-refractivity contribution in [3.8, 4) is 11.3 Å². The van der Waals surface area contributed by atoms with Gasteiger partial charge in [0.25, 0.3) is 0 Å². The van der Waals surface area contributed by atoms with Crippen LogP contribution in [0.2, 0.25) is 5.02 Å². The van der Waals surface area contributed by atoms with E-state index in [1.165, 1.54) is 29.7 Å². The van der Waals surface area contributed by atoms with E-state index in [2.05, 4.69) is 20.8 Å². The molecule has 0 aliphatic heterocycles. The predicted octanol–water partition coefficient (Wildman–Crippen LogP) is 4.42. The Morgan fingerprint density at radius 2 is 2.17 bits per heavy atom. The highest BCUT2D eigenvalue weighted by Gasteiger charge is 2.13. The molecule has 0 amide bonds. The highest BCUT2D eigenvalue weighted by atomic mass is 35.5. The van der Waals surface area contributed by atoms with Crippen LogP contribution in [0.15, 0.2) is 52.9 Å². The molecular formula is C20H18ClFN4O2S. The molecule has 2 N–H and O–H groups in total. The number of nitrogens with zero attached hydrogens (tertiary/aromatic N) is 2. The molecular weight excluding hydrogens is 415 g/mol. The fourth-order valence-corrected chi connectivity index (χ4v) is 3.31. The van der Waals surface area contributed by atoms with Crippen molar-refractivity contribution < 1.29 is 13.9 Å². The SMILES string of the molecule is CNCCOC(=O)c1cc(F)ccc1/C=N/Nc1nc(-c2ccccc2Cl)cs1. The fourth-order valence-electron chi connectivity index (χ4n) is 2.42. The van der Waals surface area contributed by atoms with Gasteiger partial charge in [0.1, 0.15) is 12.4 Å². The second-order valence-electron chi connectivity index (χ2n) is 5.86. The summed E-state index contributed by atoms with van der Waals surface area (Å²) >= 11 is 7.56. The van der Waals surface area contributed by atoms with Gasteiger partial charge in [0.15, 0.2) is 0 Å². The molecule has 0 saturated heterocycles. The van der Waals surface area contributed by atoms with Crippen LogP contribution < -0.4 is 10.7 Å². The Labute approximate surface area is 176 Å². The maximum absolute atomic E-state index is 13.6. The van der Waals surface area contributed by atoms with Gasteiger partial charge in [0.05, 0.1) is 17.5 Å². The molecule has 0 saturated carbocycles. The molecule has 0 aliphatic rings. The molecule has 1 heterocycles. The maximum Gasteiger partial charge on any atom is 0.338 e. The number of anilines is 1. The number of rotatable bonds is 8. The van der Waals surface area contributed by atoms with E-state index in [9.17, 15) is 9.18 Å². The number of benzene rings is 2. The Kier molecular flexibility index (Phi) is 7.29. The van der Waals surface area contributed by atoms with Crippen LogP contribution in [0.25, 0.3) is 11.3 Å². The van der Waals surface area contributed by atoms with Gasteiger partial charge in [-0.1, -0.05) is 29.8 Å². The Balaban J connectivity index is 1.71. The van der Waals surface area contributed by atoms with Gasteiger partial charge in [0.2, 0.25) is 5.13 Å². The zero-order valence-corrected chi connectivity index (χ0v) is 17.1. The van der Waals surface area contributed by atoms with E-state index in [4.69, 9.17) is 16.3 Å². The Morgan fingerprint density at radius 1 is 1.34 bits per heavy atom. The Hall–Kier alpha value is -2.81.